The lowest BCUT2D eigenvalue weighted by Crippen LogP contribution is -2.42. The summed E-state index contributed by atoms with van der Waals surface area (Å²) < 4.78 is 9.89. The number of hydrogen-bond acceptors (Lipinski definition) is 6. The molecule has 21 heavy (non-hydrogen) atoms. The number of nitrogens with zero attached hydrogens (tertiary/aromatic N) is 1. The first-order valence-corrected chi connectivity index (χ1v) is 6.33. The van der Waals surface area contributed by atoms with Crippen LogP contribution in [-0.4, -0.2) is 17.7 Å². The number of carbonyl (C=O) groups is 2. The second kappa shape index (κ2) is 5.46. The van der Waals surface area contributed by atoms with Gasteiger partial charge in [0.2, 0.25) is 0 Å². The number of nitriles is 1. The molecule has 2 rings (SSSR count). The first-order chi connectivity index (χ1) is 9.82. The number of carbonyl (C=O) groups excluding carboxylic acids is 2. The molecule has 0 amide bonds. The number of halogens is 1. The molecule has 0 saturated carbocycles. The molecule has 108 valence electrons. The Balaban J connectivity index is 2.24. The Hall–Kier alpha value is -2.52. The van der Waals surface area contributed by atoms with Crippen LogP contribution in [0.15, 0.2) is 30.0 Å². The van der Waals surface area contributed by atoms with E-state index in [1.54, 1.807) is 12.1 Å². The molecule has 0 unspecified atom stereocenters. The van der Waals surface area contributed by atoms with Gasteiger partial charge in [0.05, 0.1) is 11.3 Å². The van der Waals surface area contributed by atoms with E-state index in [2.05, 4.69) is 5.32 Å². The van der Waals surface area contributed by atoms with Gasteiger partial charge in [-0.25, -0.2) is 9.59 Å². The molecule has 0 atom stereocenters. The number of ether oxygens (including phenoxy) is 2. The van der Waals surface area contributed by atoms with Crippen LogP contribution in [0.5, 0.6) is 0 Å². The highest BCUT2D eigenvalue weighted by Gasteiger charge is 2.38. The standard InChI is InChI=1S/C14H11ClN2O4/c1-14(2)20-12(18)10(13(19)21-14)7-17-11-4-3-9(15)5-8(11)6-16/h3-5,7,17H,1-2H3. The Morgan fingerprint density at radius 2 is 1.90 bits per heavy atom. The quantitative estimate of drug-likeness (QED) is 0.512. The molecule has 0 aromatic heterocycles. The smallest absolute Gasteiger partial charge is 0.350 e. The minimum Gasteiger partial charge on any atom is -0.419 e. The van der Waals surface area contributed by atoms with Crippen molar-refractivity contribution < 1.29 is 19.1 Å². The number of cyclic esters (lactones) is 2. The van der Waals surface area contributed by atoms with Crippen molar-refractivity contribution in [2.75, 3.05) is 5.32 Å². The van der Waals surface area contributed by atoms with Crippen molar-refractivity contribution in [3.63, 3.8) is 0 Å². The number of rotatable bonds is 2. The summed E-state index contributed by atoms with van der Waals surface area (Å²) >= 11 is 5.78. The molecule has 1 aromatic carbocycles. The molecular weight excluding hydrogens is 296 g/mol. The van der Waals surface area contributed by atoms with E-state index in [0.717, 1.165) is 6.20 Å². The Bertz CT molecular complexity index is 667. The topological polar surface area (TPSA) is 88.4 Å². The second-order valence-electron chi connectivity index (χ2n) is 4.68. The summed E-state index contributed by atoms with van der Waals surface area (Å²) in [4.78, 5) is 23.5. The van der Waals surface area contributed by atoms with Crippen molar-refractivity contribution in [3.8, 4) is 6.07 Å². The monoisotopic (exact) mass is 306 g/mol. The van der Waals surface area contributed by atoms with Crippen LogP contribution in [-0.2, 0) is 19.1 Å². The third kappa shape index (κ3) is 3.33. The zero-order valence-corrected chi connectivity index (χ0v) is 12.0. The van der Waals surface area contributed by atoms with Crippen molar-refractivity contribution in [3.05, 3.63) is 40.6 Å². The lowest BCUT2D eigenvalue weighted by atomic mass is 10.2. The summed E-state index contributed by atoms with van der Waals surface area (Å²) in [5.41, 5.74) is 0.394. The fourth-order valence-corrected chi connectivity index (χ4v) is 1.84. The van der Waals surface area contributed by atoms with Crippen LogP contribution < -0.4 is 5.32 Å². The number of esters is 2. The zero-order chi connectivity index (χ0) is 15.6. The highest BCUT2D eigenvalue weighted by atomic mass is 35.5. The van der Waals surface area contributed by atoms with E-state index in [1.165, 1.54) is 19.9 Å². The molecule has 1 fully saturated rings. The predicted octanol–water partition coefficient (Wildman–Crippen LogP) is 2.34. The summed E-state index contributed by atoms with van der Waals surface area (Å²) in [6, 6.07) is 6.54. The summed E-state index contributed by atoms with van der Waals surface area (Å²) in [5, 5.41) is 12.1. The van der Waals surface area contributed by atoms with Crippen molar-refractivity contribution in [1.29, 1.82) is 5.26 Å². The van der Waals surface area contributed by atoms with Crippen LogP contribution in [0.1, 0.15) is 19.4 Å². The molecule has 0 aliphatic carbocycles. The molecule has 1 saturated heterocycles. The normalized spacial score (nSPS) is 16.6. The minimum absolute atomic E-state index is 0.275. The first-order valence-electron chi connectivity index (χ1n) is 5.95. The first kappa shape index (κ1) is 14.9. The number of nitrogens with one attached hydrogen (secondary N) is 1. The van der Waals surface area contributed by atoms with Crippen molar-refractivity contribution in [1.82, 2.24) is 0 Å². The van der Waals surface area contributed by atoms with E-state index in [1.807, 2.05) is 6.07 Å². The van der Waals surface area contributed by atoms with Gasteiger partial charge in [-0.15, -0.1) is 0 Å². The predicted molar refractivity (Wildman–Crippen MR) is 74.1 cm³/mol. The van der Waals surface area contributed by atoms with Crippen LogP contribution in [0, 0.1) is 11.3 Å². The largest absolute Gasteiger partial charge is 0.419 e. The Morgan fingerprint density at radius 3 is 2.48 bits per heavy atom. The van der Waals surface area contributed by atoms with Gasteiger partial charge >= 0.3 is 11.9 Å². The van der Waals surface area contributed by atoms with E-state index in [9.17, 15) is 9.59 Å². The third-order valence-electron chi connectivity index (χ3n) is 2.59. The lowest BCUT2D eigenvalue weighted by Gasteiger charge is -2.29. The Morgan fingerprint density at radius 1 is 1.29 bits per heavy atom. The van der Waals surface area contributed by atoms with Gasteiger partial charge in [0.15, 0.2) is 5.57 Å². The maximum absolute atomic E-state index is 11.7. The van der Waals surface area contributed by atoms with Crippen LogP contribution in [0.3, 0.4) is 0 Å². The molecule has 1 aromatic rings. The summed E-state index contributed by atoms with van der Waals surface area (Å²) in [5.74, 6) is -2.88. The maximum Gasteiger partial charge on any atom is 0.350 e. The number of anilines is 1. The summed E-state index contributed by atoms with van der Waals surface area (Å²) in [7, 11) is 0. The number of benzene rings is 1. The van der Waals surface area contributed by atoms with Crippen molar-refractivity contribution in [2.45, 2.75) is 19.6 Å². The molecule has 0 bridgehead atoms. The van der Waals surface area contributed by atoms with Gasteiger partial charge in [-0.3, -0.25) is 0 Å². The molecule has 6 nitrogen and oxygen atoms in total. The number of hydrogen-bond donors (Lipinski definition) is 1. The van der Waals surface area contributed by atoms with Crippen molar-refractivity contribution in [2.24, 2.45) is 0 Å². The van der Waals surface area contributed by atoms with Crippen LogP contribution >= 0.6 is 11.6 Å². The zero-order valence-electron chi connectivity index (χ0n) is 11.3. The third-order valence-corrected chi connectivity index (χ3v) is 2.83. The van der Waals surface area contributed by atoms with Gasteiger partial charge in [0.1, 0.15) is 6.07 Å². The van der Waals surface area contributed by atoms with Gasteiger partial charge in [-0.1, -0.05) is 11.6 Å². The summed E-state index contributed by atoms with van der Waals surface area (Å²) in [6.07, 6.45) is 1.14. The van der Waals surface area contributed by atoms with E-state index < -0.39 is 17.7 Å². The van der Waals surface area contributed by atoms with E-state index >= 15 is 0 Å². The Kier molecular flexibility index (Phi) is 3.87. The van der Waals surface area contributed by atoms with Gasteiger partial charge in [-0.05, 0) is 18.2 Å². The van der Waals surface area contributed by atoms with Crippen LogP contribution in [0.2, 0.25) is 5.02 Å². The molecule has 7 heteroatoms. The van der Waals surface area contributed by atoms with E-state index in [-0.39, 0.29) is 11.1 Å². The Labute approximate surface area is 125 Å². The van der Waals surface area contributed by atoms with Crippen LogP contribution in [0.25, 0.3) is 0 Å². The molecular formula is C14H11ClN2O4. The fraction of sp³-hybridized carbons (Fsp3) is 0.214. The lowest BCUT2D eigenvalue weighted by molar-refractivity contribution is -0.222. The molecule has 0 radical (unpaired) electrons. The SMILES string of the molecule is CC1(C)OC(=O)C(=CNc2ccc(Cl)cc2C#N)C(=O)O1. The van der Waals surface area contributed by atoms with Crippen molar-refractivity contribution >= 4 is 29.2 Å². The maximum atomic E-state index is 11.7. The molecule has 1 aliphatic heterocycles. The molecule has 1 N–H and O–H groups in total. The molecule has 1 heterocycles. The summed E-state index contributed by atoms with van der Waals surface area (Å²) in [6.45, 7) is 2.92. The fourth-order valence-electron chi connectivity index (χ4n) is 1.66. The van der Waals surface area contributed by atoms with E-state index in [4.69, 9.17) is 26.3 Å². The highest BCUT2D eigenvalue weighted by molar-refractivity contribution is 6.30. The average Bonchev–Trinajstić information content (AvgIpc) is 2.37. The van der Waals surface area contributed by atoms with Crippen LogP contribution in [0.4, 0.5) is 5.69 Å². The molecule has 0 spiro atoms. The van der Waals surface area contributed by atoms with Gasteiger partial charge in [0.25, 0.3) is 5.79 Å². The second-order valence-corrected chi connectivity index (χ2v) is 5.12. The minimum atomic E-state index is -1.29. The average molecular weight is 307 g/mol. The van der Waals surface area contributed by atoms with Gasteiger partial charge in [-0.2, -0.15) is 5.26 Å². The molecule has 1 aliphatic rings. The highest BCUT2D eigenvalue weighted by Crippen LogP contribution is 2.24. The van der Waals surface area contributed by atoms with Gasteiger partial charge in [0, 0.05) is 25.1 Å². The van der Waals surface area contributed by atoms with Gasteiger partial charge < -0.3 is 14.8 Å². The van der Waals surface area contributed by atoms with E-state index in [0.29, 0.717) is 10.7 Å².